The van der Waals surface area contributed by atoms with Crippen molar-refractivity contribution in [2.24, 2.45) is 0 Å². The molecule has 5 rings (SSSR count). The molecular formula is C38H32N2O9. The maximum absolute atomic E-state index is 13.7. The third-order valence-electron chi connectivity index (χ3n) is 7.27. The number of nitrogens with one attached hydrogen (secondary N) is 2. The van der Waals surface area contributed by atoms with Gasteiger partial charge in [-0.05, 0) is 103 Å². The second-order valence-corrected chi connectivity index (χ2v) is 10.8. The van der Waals surface area contributed by atoms with E-state index >= 15 is 0 Å². The van der Waals surface area contributed by atoms with Crippen LogP contribution in [0.15, 0.2) is 109 Å². The molecule has 0 aromatic heterocycles. The van der Waals surface area contributed by atoms with Gasteiger partial charge in [-0.25, -0.2) is 9.59 Å². The van der Waals surface area contributed by atoms with Gasteiger partial charge in [0.1, 0.15) is 36.2 Å². The number of phenolic OH excluding ortho intramolecular Hbond substituents is 2. The van der Waals surface area contributed by atoms with Gasteiger partial charge in [-0.1, -0.05) is 24.3 Å². The molecule has 0 heterocycles. The first-order valence-electron chi connectivity index (χ1n) is 15.1. The minimum Gasteiger partial charge on any atom is -0.508 e. The van der Waals surface area contributed by atoms with Gasteiger partial charge in [0.2, 0.25) is 0 Å². The van der Waals surface area contributed by atoms with Crippen LogP contribution in [-0.4, -0.2) is 40.9 Å². The van der Waals surface area contributed by atoms with Crippen LogP contribution >= 0.6 is 0 Å². The van der Waals surface area contributed by atoms with Crippen molar-refractivity contribution in [3.63, 3.8) is 0 Å². The summed E-state index contributed by atoms with van der Waals surface area (Å²) in [5.41, 5.74) is 1.34. The number of ketones is 1. The average molecular weight is 661 g/mol. The number of hydrogen-bond acceptors (Lipinski definition) is 10. The number of rotatable bonds is 12. The predicted octanol–water partition coefficient (Wildman–Crippen LogP) is 7.10. The zero-order chi connectivity index (χ0) is 34.9. The highest BCUT2D eigenvalue weighted by Gasteiger charge is 2.27. The maximum Gasteiger partial charge on any atom is 0.339 e. The van der Waals surface area contributed by atoms with Gasteiger partial charge < -0.3 is 35.1 Å². The molecule has 5 aromatic rings. The van der Waals surface area contributed by atoms with Gasteiger partial charge in [0.25, 0.3) is 5.91 Å². The van der Waals surface area contributed by atoms with Crippen molar-refractivity contribution in [1.29, 1.82) is 0 Å². The first-order chi connectivity index (χ1) is 23.6. The summed E-state index contributed by atoms with van der Waals surface area (Å²) in [5.74, 6) is -2.12. The van der Waals surface area contributed by atoms with Crippen LogP contribution in [0.5, 0.6) is 23.0 Å². The lowest BCUT2D eigenvalue weighted by molar-refractivity contribution is 0.0465. The monoisotopic (exact) mass is 660 g/mol. The Morgan fingerprint density at radius 2 is 1.06 bits per heavy atom. The maximum atomic E-state index is 13.7. The summed E-state index contributed by atoms with van der Waals surface area (Å²) >= 11 is 0. The summed E-state index contributed by atoms with van der Waals surface area (Å²) in [4.78, 5) is 53.1. The number of anilines is 2. The molecule has 1 amide bonds. The molecule has 248 valence electrons. The van der Waals surface area contributed by atoms with Crippen molar-refractivity contribution in [2.45, 2.75) is 20.1 Å². The number of ether oxygens (including phenoxy) is 3. The largest absolute Gasteiger partial charge is 0.508 e. The third-order valence-corrected chi connectivity index (χ3v) is 7.27. The number of benzene rings is 5. The number of esters is 2. The Labute approximate surface area is 281 Å². The molecule has 0 atom stereocenters. The fourth-order valence-corrected chi connectivity index (χ4v) is 4.79. The lowest BCUT2D eigenvalue weighted by Gasteiger charge is -2.15. The molecule has 0 fully saturated rings. The Morgan fingerprint density at radius 1 is 0.592 bits per heavy atom. The Hall–Kier alpha value is -6.62. The summed E-state index contributed by atoms with van der Waals surface area (Å²) in [5, 5.41) is 25.3. The number of Topliss-reactive ketones (excluding diaryl/α,β-unsaturated/α-hetero) is 1. The highest BCUT2D eigenvalue weighted by atomic mass is 16.5. The molecule has 0 radical (unpaired) electrons. The lowest BCUT2D eigenvalue weighted by atomic mass is 9.95. The second-order valence-electron chi connectivity index (χ2n) is 10.8. The molecule has 49 heavy (non-hydrogen) atoms. The van der Waals surface area contributed by atoms with Crippen molar-refractivity contribution in [3.8, 4) is 23.0 Å². The Morgan fingerprint density at radius 3 is 1.53 bits per heavy atom. The van der Waals surface area contributed by atoms with E-state index in [0.29, 0.717) is 28.3 Å². The number of aromatic hydroxyl groups is 2. The molecule has 0 saturated heterocycles. The predicted molar refractivity (Wildman–Crippen MR) is 181 cm³/mol. The fourth-order valence-electron chi connectivity index (χ4n) is 4.79. The Bertz CT molecular complexity index is 2010. The third kappa shape index (κ3) is 8.80. The zero-order valence-electron chi connectivity index (χ0n) is 26.6. The van der Waals surface area contributed by atoms with Crippen molar-refractivity contribution in [2.75, 3.05) is 17.7 Å². The highest BCUT2D eigenvalue weighted by Crippen LogP contribution is 2.26. The molecule has 0 aliphatic carbocycles. The lowest BCUT2D eigenvalue weighted by Crippen LogP contribution is -2.21. The number of amides is 1. The van der Waals surface area contributed by atoms with Crippen LogP contribution in [0.3, 0.4) is 0 Å². The van der Waals surface area contributed by atoms with Crippen molar-refractivity contribution >= 4 is 35.0 Å². The van der Waals surface area contributed by atoms with Gasteiger partial charge in [-0.15, -0.1) is 0 Å². The van der Waals surface area contributed by atoms with Crippen LogP contribution < -0.4 is 15.4 Å². The first-order valence-corrected chi connectivity index (χ1v) is 15.1. The molecular weight excluding hydrogens is 628 g/mol. The number of hydrogen-bond donors (Lipinski definition) is 4. The topological polar surface area (TPSA) is 160 Å². The van der Waals surface area contributed by atoms with E-state index in [1.54, 1.807) is 60.7 Å². The van der Waals surface area contributed by atoms with Crippen LogP contribution in [0.25, 0.3) is 0 Å². The highest BCUT2D eigenvalue weighted by molar-refractivity contribution is 6.15. The van der Waals surface area contributed by atoms with Gasteiger partial charge >= 0.3 is 11.9 Å². The summed E-state index contributed by atoms with van der Waals surface area (Å²) in [6, 6.07) is 28.3. The van der Waals surface area contributed by atoms with E-state index in [0.717, 1.165) is 17.8 Å². The zero-order valence-corrected chi connectivity index (χ0v) is 26.6. The second kappa shape index (κ2) is 15.3. The number of carbonyl (C=O) groups is 4. The van der Waals surface area contributed by atoms with Gasteiger partial charge in [0, 0.05) is 24.0 Å². The quantitative estimate of drug-likeness (QED) is 0.0803. The molecule has 11 heteroatoms. The SMILES string of the molecule is CNc1ccc(Oc2ccc(NC(=O)c3cc(C(C)=O)c(C(=O)OCc4cccc(O)c4)cc3C(=O)OCc3cccc(O)c3)cc2)cc1. The van der Waals surface area contributed by atoms with E-state index < -0.39 is 23.6 Å². The van der Waals surface area contributed by atoms with Crippen molar-refractivity contribution in [1.82, 2.24) is 0 Å². The van der Waals surface area contributed by atoms with Gasteiger partial charge in [-0.2, -0.15) is 0 Å². The van der Waals surface area contributed by atoms with Gasteiger partial charge in [0.15, 0.2) is 5.78 Å². The molecule has 11 nitrogen and oxygen atoms in total. The van der Waals surface area contributed by atoms with E-state index in [2.05, 4.69) is 10.6 Å². The van der Waals surface area contributed by atoms with E-state index in [-0.39, 0.29) is 47.0 Å². The normalized spacial score (nSPS) is 10.5. The van der Waals surface area contributed by atoms with Crippen LogP contribution in [0.2, 0.25) is 0 Å². The summed E-state index contributed by atoms with van der Waals surface area (Å²) in [6.45, 7) is 0.734. The number of phenols is 2. The molecule has 0 unspecified atom stereocenters. The summed E-state index contributed by atoms with van der Waals surface area (Å²) in [6.07, 6.45) is 0. The smallest absolute Gasteiger partial charge is 0.339 e. The van der Waals surface area contributed by atoms with E-state index in [9.17, 15) is 29.4 Å². The van der Waals surface area contributed by atoms with Gasteiger partial charge in [0.05, 0.1) is 16.7 Å². The van der Waals surface area contributed by atoms with Crippen molar-refractivity contribution in [3.05, 3.63) is 143 Å². The first kappa shape index (κ1) is 33.7. The molecule has 5 aromatic carbocycles. The summed E-state index contributed by atoms with van der Waals surface area (Å²) in [7, 11) is 1.82. The fraction of sp³-hybridized carbons (Fsp3) is 0.105. The molecule has 0 spiro atoms. The van der Waals surface area contributed by atoms with Crippen molar-refractivity contribution < 1.29 is 43.6 Å². The molecule has 0 aliphatic heterocycles. The molecule has 4 N–H and O–H groups in total. The minimum absolute atomic E-state index is 0.0215. The van der Waals surface area contributed by atoms with E-state index in [4.69, 9.17) is 14.2 Å². The molecule has 0 aliphatic rings. The van der Waals surface area contributed by atoms with E-state index in [1.807, 2.05) is 19.2 Å². The Balaban J connectivity index is 1.41. The van der Waals surface area contributed by atoms with Crippen LogP contribution in [0.4, 0.5) is 11.4 Å². The summed E-state index contributed by atoms with van der Waals surface area (Å²) < 4.78 is 16.7. The molecule has 0 bridgehead atoms. The van der Waals surface area contributed by atoms with Crippen LogP contribution in [0, 0.1) is 0 Å². The average Bonchev–Trinajstić information content (AvgIpc) is 3.10. The Kier molecular flexibility index (Phi) is 10.5. The standard InChI is InChI=1S/C38H32N2O9/c1-23(41)32-19-33(36(44)40-27-11-15-31(16-12-27)49-30-13-9-26(39-2)10-14-30)35(38(46)48-22-25-6-4-8-29(43)18-25)20-34(32)37(45)47-21-24-5-3-7-28(42)17-24/h3-20,39,42-43H,21-22H2,1-2H3,(H,40,44). The van der Waals surface area contributed by atoms with E-state index in [1.165, 1.54) is 31.2 Å². The minimum atomic E-state index is -0.960. The van der Waals surface area contributed by atoms with Gasteiger partial charge in [-0.3, -0.25) is 9.59 Å². The molecule has 0 saturated carbocycles. The number of carbonyl (C=O) groups excluding carboxylic acids is 4. The van der Waals surface area contributed by atoms with Crippen LogP contribution in [-0.2, 0) is 22.7 Å². The van der Waals surface area contributed by atoms with Crippen LogP contribution in [0.1, 0.15) is 59.5 Å².